The molecule has 80 valence electrons. The third-order valence-electron chi connectivity index (χ3n) is 1.34. The quantitative estimate of drug-likeness (QED) is 0.622. The molecule has 1 heterocycles. The normalized spacial score (nSPS) is 9.21. The van der Waals surface area contributed by atoms with E-state index in [0.717, 1.165) is 13.0 Å². The van der Waals surface area contributed by atoms with E-state index in [1.165, 1.54) is 11.3 Å². The van der Waals surface area contributed by atoms with Gasteiger partial charge in [-0.2, -0.15) is 0 Å². The van der Waals surface area contributed by atoms with Gasteiger partial charge >= 0.3 is 0 Å². The van der Waals surface area contributed by atoms with Crippen LogP contribution in [-0.4, -0.2) is 23.3 Å². The van der Waals surface area contributed by atoms with Gasteiger partial charge in [-0.05, 0) is 6.42 Å². The molecule has 1 amide bonds. The predicted octanol–water partition coefficient (Wildman–Crippen LogP) is 1.70. The summed E-state index contributed by atoms with van der Waals surface area (Å²) in [6.07, 6.45) is 0.868. The molecule has 0 unspecified atom stereocenters. The first-order valence-corrected chi connectivity index (χ1v) is 5.20. The Morgan fingerprint density at radius 2 is 2.43 bits per heavy atom. The molecule has 0 atom stereocenters. The van der Waals surface area contributed by atoms with Crippen molar-refractivity contribution in [2.75, 3.05) is 17.7 Å². The van der Waals surface area contributed by atoms with E-state index in [1.54, 1.807) is 5.38 Å². The van der Waals surface area contributed by atoms with Gasteiger partial charge in [-0.1, -0.05) is 0 Å². The number of primary amides is 1. The summed E-state index contributed by atoms with van der Waals surface area (Å²) in [5, 5.41) is 5.37. The minimum absolute atomic E-state index is 0. The molecule has 7 heteroatoms. The van der Waals surface area contributed by atoms with Crippen molar-refractivity contribution < 1.29 is 4.79 Å². The van der Waals surface area contributed by atoms with Gasteiger partial charge in [0.1, 0.15) is 5.69 Å². The molecular weight excluding hydrogens is 245 g/mol. The van der Waals surface area contributed by atoms with Crippen molar-refractivity contribution in [1.82, 2.24) is 4.98 Å². The first kappa shape index (κ1) is 13.5. The van der Waals surface area contributed by atoms with Crippen molar-refractivity contribution in [3.8, 4) is 0 Å². The molecule has 0 radical (unpaired) electrons. The first-order chi connectivity index (χ1) is 6.24. The summed E-state index contributed by atoms with van der Waals surface area (Å²) >= 11 is 6.85. The second kappa shape index (κ2) is 6.86. The molecule has 3 N–H and O–H groups in total. The Kier molecular flexibility index (Phi) is 6.61. The van der Waals surface area contributed by atoms with E-state index < -0.39 is 5.91 Å². The Bertz CT molecular complexity index is 292. The van der Waals surface area contributed by atoms with Crippen LogP contribution in [0.3, 0.4) is 0 Å². The lowest BCUT2D eigenvalue weighted by atomic mass is 10.5. The molecule has 0 saturated carbocycles. The highest BCUT2D eigenvalue weighted by atomic mass is 35.5. The molecule has 1 aromatic rings. The fourth-order valence-corrected chi connectivity index (χ4v) is 1.59. The van der Waals surface area contributed by atoms with Crippen LogP contribution in [0.4, 0.5) is 5.13 Å². The number of carbonyl (C=O) groups is 1. The second-order valence-corrected chi connectivity index (χ2v) is 3.61. The number of rotatable bonds is 5. The fourth-order valence-electron chi connectivity index (χ4n) is 0.730. The minimum atomic E-state index is -0.498. The highest BCUT2D eigenvalue weighted by molar-refractivity contribution is 7.13. The maximum atomic E-state index is 10.7. The summed E-state index contributed by atoms with van der Waals surface area (Å²) in [4.78, 5) is 14.6. The van der Waals surface area contributed by atoms with Gasteiger partial charge in [-0.25, -0.2) is 4.98 Å². The third kappa shape index (κ3) is 4.13. The van der Waals surface area contributed by atoms with Gasteiger partial charge in [0.2, 0.25) is 0 Å². The summed E-state index contributed by atoms with van der Waals surface area (Å²) in [5.41, 5.74) is 5.34. The zero-order chi connectivity index (χ0) is 9.68. The smallest absolute Gasteiger partial charge is 0.268 e. The van der Waals surface area contributed by atoms with Gasteiger partial charge in [0.05, 0.1) is 0 Å². The lowest BCUT2D eigenvalue weighted by Crippen LogP contribution is -2.11. The molecule has 0 spiro atoms. The lowest BCUT2D eigenvalue weighted by molar-refractivity contribution is 0.0996. The summed E-state index contributed by atoms with van der Waals surface area (Å²) in [7, 11) is 0. The number of hydrogen-bond donors (Lipinski definition) is 2. The van der Waals surface area contributed by atoms with E-state index in [2.05, 4.69) is 10.3 Å². The fraction of sp³-hybridized carbons (Fsp3) is 0.429. The highest BCUT2D eigenvalue weighted by Gasteiger charge is 2.05. The molecule has 0 saturated heterocycles. The Morgan fingerprint density at radius 1 is 1.71 bits per heavy atom. The number of anilines is 1. The Labute approximate surface area is 97.3 Å². The highest BCUT2D eigenvalue weighted by Crippen LogP contribution is 2.14. The monoisotopic (exact) mass is 255 g/mol. The van der Waals surface area contributed by atoms with Crippen LogP contribution in [0, 0.1) is 0 Å². The van der Waals surface area contributed by atoms with Gasteiger partial charge < -0.3 is 11.1 Å². The molecule has 0 fully saturated rings. The SMILES string of the molecule is Cl.NC(=O)c1csc(NCCCCl)n1. The zero-order valence-electron chi connectivity index (χ0n) is 7.33. The van der Waals surface area contributed by atoms with E-state index in [4.69, 9.17) is 17.3 Å². The number of hydrogen-bond acceptors (Lipinski definition) is 4. The molecule has 0 aliphatic heterocycles. The number of carbonyl (C=O) groups excluding carboxylic acids is 1. The molecule has 0 aliphatic rings. The van der Waals surface area contributed by atoms with E-state index in [9.17, 15) is 4.79 Å². The van der Waals surface area contributed by atoms with Crippen molar-refractivity contribution in [2.45, 2.75) is 6.42 Å². The summed E-state index contributed by atoms with van der Waals surface area (Å²) in [6.45, 7) is 0.759. The van der Waals surface area contributed by atoms with Crippen LogP contribution in [0.1, 0.15) is 16.9 Å². The summed E-state index contributed by atoms with van der Waals surface area (Å²) in [6, 6.07) is 0. The van der Waals surface area contributed by atoms with Crippen LogP contribution in [0.15, 0.2) is 5.38 Å². The largest absolute Gasteiger partial charge is 0.364 e. The number of nitrogens with zero attached hydrogens (tertiary/aromatic N) is 1. The van der Waals surface area contributed by atoms with Crippen molar-refractivity contribution in [3.63, 3.8) is 0 Å². The van der Waals surface area contributed by atoms with Crippen molar-refractivity contribution in [2.24, 2.45) is 5.73 Å². The number of halogens is 2. The molecule has 1 rings (SSSR count). The predicted molar refractivity (Wildman–Crippen MR) is 61.7 cm³/mol. The third-order valence-corrected chi connectivity index (χ3v) is 2.41. The Balaban J connectivity index is 0.00000169. The van der Waals surface area contributed by atoms with E-state index in [0.29, 0.717) is 16.7 Å². The number of nitrogens with one attached hydrogen (secondary N) is 1. The topological polar surface area (TPSA) is 68.0 Å². The van der Waals surface area contributed by atoms with Gasteiger partial charge in [0.15, 0.2) is 5.13 Å². The van der Waals surface area contributed by atoms with Crippen LogP contribution >= 0.6 is 35.3 Å². The Hall–Kier alpha value is -0.520. The maximum Gasteiger partial charge on any atom is 0.268 e. The number of alkyl halides is 1. The number of amides is 1. The van der Waals surface area contributed by atoms with Gasteiger partial charge in [0, 0.05) is 17.8 Å². The number of thiazole rings is 1. The first-order valence-electron chi connectivity index (χ1n) is 3.79. The van der Waals surface area contributed by atoms with Crippen molar-refractivity contribution in [3.05, 3.63) is 11.1 Å². The average molecular weight is 256 g/mol. The summed E-state index contributed by atoms with van der Waals surface area (Å²) in [5.74, 6) is 0.114. The van der Waals surface area contributed by atoms with Gasteiger partial charge in [0.25, 0.3) is 5.91 Å². The number of nitrogens with two attached hydrogens (primary N) is 1. The van der Waals surface area contributed by atoms with E-state index >= 15 is 0 Å². The number of aromatic nitrogens is 1. The minimum Gasteiger partial charge on any atom is -0.364 e. The summed E-state index contributed by atoms with van der Waals surface area (Å²) < 4.78 is 0. The van der Waals surface area contributed by atoms with Crippen LogP contribution < -0.4 is 11.1 Å². The van der Waals surface area contributed by atoms with Crippen LogP contribution in [-0.2, 0) is 0 Å². The molecule has 4 nitrogen and oxygen atoms in total. The van der Waals surface area contributed by atoms with Crippen LogP contribution in [0.25, 0.3) is 0 Å². The Morgan fingerprint density at radius 3 is 2.93 bits per heavy atom. The second-order valence-electron chi connectivity index (χ2n) is 2.37. The standard InChI is InChI=1S/C7H10ClN3OS.ClH/c8-2-1-3-10-7-11-5(4-13-7)6(9)12;/h4H,1-3H2,(H2,9,12)(H,10,11);1H. The molecule has 1 aromatic heterocycles. The molecule has 0 aromatic carbocycles. The van der Waals surface area contributed by atoms with Crippen molar-refractivity contribution in [1.29, 1.82) is 0 Å². The molecular formula is C7H11Cl2N3OS. The van der Waals surface area contributed by atoms with Crippen LogP contribution in [0.2, 0.25) is 0 Å². The maximum absolute atomic E-state index is 10.7. The lowest BCUT2D eigenvalue weighted by Gasteiger charge is -1.97. The van der Waals surface area contributed by atoms with E-state index in [1.807, 2.05) is 0 Å². The molecule has 0 aliphatic carbocycles. The van der Waals surface area contributed by atoms with E-state index in [-0.39, 0.29) is 12.4 Å². The molecule has 0 bridgehead atoms. The zero-order valence-corrected chi connectivity index (χ0v) is 9.71. The van der Waals surface area contributed by atoms with Gasteiger partial charge in [-0.3, -0.25) is 4.79 Å². The van der Waals surface area contributed by atoms with Crippen LogP contribution in [0.5, 0.6) is 0 Å². The molecule has 14 heavy (non-hydrogen) atoms. The van der Waals surface area contributed by atoms with Gasteiger partial charge in [-0.15, -0.1) is 35.3 Å². The van der Waals surface area contributed by atoms with Crippen molar-refractivity contribution >= 4 is 46.4 Å². The average Bonchev–Trinajstić information content (AvgIpc) is 2.53.